The number of hydrogen-bond donors (Lipinski definition) is 1. The second kappa shape index (κ2) is 8.61. The van der Waals surface area contributed by atoms with E-state index in [2.05, 4.69) is 15.5 Å². The second-order valence-corrected chi connectivity index (χ2v) is 7.76. The van der Waals surface area contributed by atoms with E-state index in [0.29, 0.717) is 31.8 Å². The van der Waals surface area contributed by atoms with Gasteiger partial charge < -0.3 is 15.1 Å². The Morgan fingerprint density at radius 2 is 2.03 bits per heavy atom. The molecule has 0 radical (unpaired) electrons. The Labute approximate surface area is 173 Å². The quantitative estimate of drug-likeness (QED) is 0.819. The topological polar surface area (TPSA) is 83.9 Å². The summed E-state index contributed by atoms with van der Waals surface area (Å²) in [5.41, 5.74) is 1.35. The number of rotatable bonds is 5. The fraction of sp³-hybridized carbons (Fsp3) is 0.364. The van der Waals surface area contributed by atoms with Crippen LogP contribution in [0.1, 0.15) is 30.4 Å². The number of nitrogens with zero attached hydrogens (tertiary/aromatic N) is 3. The number of carbonyl (C=O) groups is 2. The summed E-state index contributed by atoms with van der Waals surface area (Å²) in [5, 5.41) is 6.85. The van der Waals surface area contributed by atoms with E-state index >= 15 is 0 Å². The number of benzene rings is 1. The molecule has 156 valence electrons. The number of pyridine rings is 1. The monoisotopic (exact) mass is 410 g/mol. The minimum atomic E-state index is -0.655. The molecule has 2 amide bonds. The first-order valence-electron chi connectivity index (χ1n) is 9.97. The van der Waals surface area contributed by atoms with Crippen molar-refractivity contribution in [2.24, 2.45) is 5.16 Å². The first-order chi connectivity index (χ1) is 14.5. The molecule has 1 spiro atoms. The summed E-state index contributed by atoms with van der Waals surface area (Å²) in [6.07, 6.45) is 5.45. The number of aromatic nitrogens is 1. The molecule has 1 aromatic carbocycles. The maximum absolute atomic E-state index is 13.1. The van der Waals surface area contributed by atoms with Gasteiger partial charge in [0.25, 0.3) is 5.91 Å². The molecule has 8 heteroatoms. The molecule has 0 unspecified atom stereocenters. The Morgan fingerprint density at radius 1 is 1.20 bits per heavy atom. The fourth-order valence-corrected chi connectivity index (χ4v) is 3.85. The summed E-state index contributed by atoms with van der Waals surface area (Å²) in [7, 11) is 0. The van der Waals surface area contributed by atoms with Crippen LogP contribution in [-0.2, 0) is 27.4 Å². The summed E-state index contributed by atoms with van der Waals surface area (Å²) < 4.78 is 13.1. The molecule has 1 N–H and O–H groups in total. The van der Waals surface area contributed by atoms with Crippen LogP contribution < -0.4 is 5.32 Å². The second-order valence-electron chi connectivity index (χ2n) is 7.76. The van der Waals surface area contributed by atoms with Crippen LogP contribution in [0.25, 0.3) is 0 Å². The summed E-state index contributed by atoms with van der Waals surface area (Å²) >= 11 is 0. The SMILES string of the molecule is O=C(NCc1cccnc1)C1=NO[C@]2(CCCN(C(=O)Cc3ccc(F)cc3)C2)C1. The van der Waals surface area contributed by atoms with E-state index < -0.39 is 5.60 Å². The summed E-state index contributed by atoms with van der Waals surface area (Å²) in [6.45, 7) is 1.38. The zero-order valence-corrected chi connectivity index (χ0v) is 16.5. The molecule has 1 saturated heterocycles. The summed E-state index contributed by atoms with van der Waals surface area (Å²) in [6, 6.07) is 9.63. The predicted octanol–water partition coefficient (Wildman–Crippen LogP) is 2.22. The Bertz CT molecular complexity index is 949. The van der Waals surface area contributed by atoms with E-state index in [1.165, 1.54) is 12.1 Å². The van der Waals surface area contributed by atoms with Crippen molar-refractivity contribution in [1.82, 2.24) is 15.2 Å². The predicted molar refractivity (Wildman–Crippen MR) is 108 cm³/mol. The van der Waals surface area contributed by atoms with Crippen molar-refractivity contribution in [3.05, 3.63) is 65.7 Å². The number of likely N-dealkylation sites (tertiary alicyclic amines) is 1. The molecule has 1 aromatic heterocycles. The highest BCUT2D eigenvalue weighted by molar-refractivity contribution is 6.39. The number of amides is 2. The third-order valence-corrected chi connectivity index (χ3v) is 5.44. The van der Waals surface area contributed by atoms with Crippen LogP contribution in [0.5, 0.6) is 0 Å². The molecule has 0 aliphatic carbocycles. The van der Waals surface area contributed by atoms with Crippen LogP contribution >= 0.6 is 0 Å². The van der Waals surface area contributed by atoms with Gasteiger partial charge in [-0.15, -0.1) is 0 Å². The zero-order chi connectivity index (χ0) is 21.0. The molecule has 0 saturated carbocycles. The number of oxime groups is 1. The van der Waals surface area contributed by atoms with Gasteiger partial charge in [0.2, 0.25) is 5.91 Å². The average Bonchev–Trinajstić information content (AvgIpc) is 3.17. The third-order valence-electron chi connectivity index (χ3n) is 5.44. The molecule has 2 aliphatic heterocycles. The molecule has 1 fully saturated rings. The van der Waals surface area contributed by atoms with E-state index in [1.807, 2.05) is 12.1 Å². The normalized spacial score (nSPS) is 20.6. The van der Waals surface area contributed by atoms with Crippen LogP contribution in [-0.4, -0.2) is 46.1 Å². The Kier molecular flexibility index (Phi) is 5.74. The van der Waals surface area contributed by atoms with Gasteiger partial charge in [0, 0.05) is 31.9 Å². The van der Waals surface area contributed by atoms with E-state index in [1.54, 1.807) is 29.4 Å². The van der Waals surface area contributed by atoms with Crippen molar-refractivity contribution in [2.75, 3.05) is 13.1 Å². The molecule has 2 aliphatic rings. The van der Waals surface area contributed by atoms with Crippen molar-refractivity contribution in [2.45, 2.75) is 37.8 Å². The Hall–Kier alpha value is -3.29. The van der Waals surface area contributed by atoms with Crippen molar-refractivity contribution in [3.8, 4) is 0 Å². The maximum atomic E-state index is 13.1. The van der Waals surface area contributed by atoms with Gasteiger partial charge in [0.1, 0.15) is 11.5 Å². The van der Waals surface area contributed by atoms with Gasteiger partial charge in [0.05, 0.1) is 13.0 Å². The molecular formula is C22H23FN4O3. The molecule has 0 bridgehead atoms. The van der Waals surface area contributed by atoms with Crippen molar-refractivity contribution in [3.63, 3.8) is 0 Å². The van der Waals surface area contributed by atoms with Crippen LogP contribution in [0.2, 0.25) is 0 Å². The Balaban J connectivity index is 1.32. The zero-order valence-electron chi connectivity index (χ0n) is 16.5. The highest BCUT2D eigenvalue weighted by Crippen LogP contribution is 2.33. The standard InChI is InChI=1S/C22H23FN4O3/c23-18-6-4-16(5-7-18)11-20(28)27-10-2-8-22(15-27)12-19(26-30-22)21(29)25-14-17-3-1-9-24-13-17/h1,3-7,9,13H,2,8,10-12,14-15H2,(H,25,29)/t22-/m1/s1. The van der Waals surface area contributed by atoms with Crippen LogP contribution in [0.3, 0.4) is 0 Å². The molecular weight excluding hydrogens is 387 g/mol. The highest BCUT2D eigenvalue weighted by Gasteiger charge is 2.45. The van der Waals surface area contributed by atoms with E-state index in [0.717, 1.165) is 24.0 Å². The number of piperidine rings is 1. The van der Waals surface area contributed by atoms with Crippen molar-refractivity contribution < 1.29 is 18.8 Å². The first-order valence-corrected chi connectivity index (χ1v) is 9.97. The minimum Gasteiger partial charge on any atom is -0.386 e. The lowest BCUT2D eigenvalue weighted by atomic mass is 9.87. The molecule has 4 rings (SSSR count). The van der Waals surface area contributed by atoms with Gasteiger partial charge in [-0.3, -0.25) is 14.6 Å². The maximum Gasteiger partial charge on any atom is 0.269 e. The van der Waals surface area contributed by atoms with Gasteiger partial charge >= 0.3 is 0 Å². The van der Waals surface area contributed by atoms with E-state index in [9.17, 15) is 14.0 Å². The van der Waals surface area contributed by atoms with Crippen molar-refractivity contribution >= 4 is 17.5 Å². The molecule has 3 heterocycles. The summed E-state index contributed by atoms with van der Waals surface area (Å²) in [5.74, 6) is -0.641. The van der Waals surface area contributed by atoms with Crippen LogP contribution in [0.15, 0.2) is 53.9 Å². The van der Waals surface area contributed by atoms with Crippen molar-refractivity contribution in [1.29, 1.82) is 0 Å². The average molecular weight is 410 g/mol. The fourth-order valence-electron chi connectivity index (χ4n) is 3.85. The lowest BCUT2D eigenvalue weighted by Gasteiger charge is -2.38. The van der Waals surface area contributed by atoms with Gasteiger partial charge in [-0.05, 0) is 42.2 Å². The number of nitrogens with one attached hydrogen (secondary N) is 1. The molecule has 1 atom stereocenters. The van der Waals surface area contributed by atoms with Gasteiger partial charge in [-0.25, -0.2) is 4.39 Å². The van der Waals surface area contributed by atoms with Gasteiger partial charge in [0.15, 0.2) is 5.60 Å². The molecule has 7 nitrogen and oxygen atoms in total. The number of hydrogen-bond acceptors (Lipinski definition) is 5. The Morgan fingerprint density at radius 3 is 2.80 bits per heavy atom. The number of halogens is 1. The minimum absolute atomic E-state index is 0.0428. The van der Waals surface area contributed by atoms with Crippen LogP contribution in [0.4, 0.5) is 4.39 Å². The molecule has 30 heavy (non-hydrogen) atoms. The number of carbonyl (C=O) groups excluding carboxylic acids is 2. The van der Waals surface area contributed by atoms with E-state index in [4.69, 9.17) is 4.84 Å². The molecule has 2 aromatic rings. The van der Waals surface area contributed by atoms with Crippen LogP contribution in [0, 0.1) is 5.82 Å². The van der Waals surface area contributed by atoms with Gasteiger partial charge in [-0.2, -0.15) is 0 Å². The lowest BCUT2D eigenvalue weighted by Crippen LogP contribution is -2.51. The third kappa shape index (κ3) is 4.64. The van der Waals surface area contributed by atoms with E-state index in [-0.39, 0.29) is 24.1 Å². The first kappa shape index (κ1) is 20.0. The smallest absolute Gasteiger partial charge is 0.269 e. The highest BCUT2D eigenvalue weighted by atomic mass is 19.1. The summed E-state index contributed by atoms with van der Waals surface area (Å²) in [4.78, 5) is 36.7. The lowest BCUT2D eigenvalue weighted by molar-refractivity contribution is -0.139. The van der Waals surface area contributed by atoms with Gasteiger partial charge in [-0.1, -0.05) is 23.4 Å². The largest absolute Gasteiger partial charge is 0.386 e.